The molecule has 0 heterocycles. The Morgan fingerprint density at radius 1 is 0.931 bits per heavy atom. The number of amides is 1. The Hall–Kier alpha value is -3.72. The Kier molecular flexibility index (Phi) is 5.60. The molecule has 0 fully saturated rings. The Labute approximate surface area is 167 Å². The number of benzene rings is 3. The number of carbonyl (C=O) groups is 1. The molecule has 0 aliphatic heterocycles. The summed E-state index contributed by atoms with van der Waals surface area (Å²) < 4.78 is 27.3. The van der Waals surface area contributed by atoms with Crippen molar-refractivity contribution in [2.75, 3.05) is 10.0 Å². The molecule has 0 aliphatic carbocycles. The zero-order chi connectivity index (χ0) is 21.0. The van der Waals surface area contributed by atoms with Crippen molar-refractivity contribution >= 4 is 33.0 Å². The van der Waals surface area contributed by atoms with Crippen molar-refractivity contribution in [2.24, 2.45) is 0 Å². The second-order valence-corrected chi connectivity index (χ2v) is 7.94. The third-order valence-corrected chi connectivity index (χ3v) is 5.44. The summed E-state index contributed by atoms with van der Waals surface area (Å²) in [5.74, 6) is -0.310. The molecular weight excluding hydrogens is 394 g/mol. The van der Waals surface area contributed by atoms with E-state index >= 15 is 0 Å². The van der Waals surface area contributed by atoms with E-state index in [2.05, 4.69) is 10.0 Å². The highest BCUT2D eigenvalue weighted by Crippen LogP contribution is 2.22. The van der Waals surface area contributed by atoms with Gasteiger partial charge in [0.1, 0.15) is 0 Å². The van der Waals surface area contributed by atoms with Crippen molar-refractivity contribution in [3.8, 4) is 0 Å². The number of rotatable bonds is 6. The van der Waals surface area contributed by atoms with Crippen molar-refractivity contribution in [1.82, 2.24) is 0 Å². The number of non-ortho nitro benzene ring substituents is 1. The number of anilines is 2. The van der Waals surface area contributed by atoms with Gasteiger partial charge in [0, 0.05) is 23.4 Å². The number of nitrogens with zero attached hydrogens (tertiary/aromatic N) is 1. The minimum absolute atomic E-state index is 0.0441. The molecule has 0 spiro atoms. The lowest BCUT2D eigenvalue weighted by Crippen LogP contribution is -2.14. The van der Waals surface area contributed by atoms with Gasteiger partial charge >= 0.3 is 0 Å². The molecule has 2 N–H and O–H groups in total. The van der Waals surface area contributed by atoms with Gasteiger partial charge in [0.2, 0.25) is 0 Å². The van der Waals surface area contributed by atoms with Gasteiger partial charge in [-0.05, 0) is 49.4 Å². The van der Waals surface area contributed by atoms with Gasteiger partial charge < -0.3 is 5.32 Å². The van der Waals surface area contributed by atoms with E-state index < -0.39 is 14.9 Å². The predicted octanol–water partition coefficient (Wildman–Crippen LogP) is 3.96. The van der Waals surface area contributed by atoms with E-state index in [0.29, 0.717) is 11.3 Å². The lowest BCUT2D eigenvalue weighted by Gasteiger charge is -2.10. The Morgan fingerprint density at radius 2 is 1.59 bits per heavy atom. The molecule has 0 bridgehead atoms. The number of nitro benzene ring substituents is 1. The standard InChI is InChI=1S/C20H17N3O5S/c1-14-5-7-15(8-6-14)20(24)21-16-9-11-19(12-10-16)29(27,28)22-17-3-2-4-18(13-17)23(25)26/h2-13,22H,1H3,(H,21,24). The number of aryl methyl sites for hydroxylation is 1. The number of sulfonamides is 1. The van der Waals surface area contributed by atoms with Crippen molar-refractivity contribution in [3.05, 3.63) is 94.0 Å². The molecular formula is C20H17N3O5S. The monoisotopic (exact) mass is 411 g/mol. The van der Waals surface area contributed by atoms with Crippen LogP contribution < -0.4 is 10.0 Å². The van der Waals surface area contributed by atoms with Gasteiger partial charge in [-0.25, -0.2) is 8.42 Å². The largest absolute Gasteiger partial charge is 0.322 e. The summed E-state index contributed by atoms with van der Waals surface area (Å²) in [5, 5.41) is 13.5. The average Bonchev–Trinajstić information content (AvgIpc) is 2.68. The summed E-state index contributed by atoms with van der Waals surface area (Å²) in [6.07, 6.45) is 0. The highest BCUT2D eigenvalue weighted by atomic mass is 32.2. The zero-order valence-corrected chi connectivity index (χ0v) is 16.1. The molecule has 0 aromatic heterocycles. The van der Waals surface area contributed by atoms with Crippen molar-refractivity contribution < 1.29 is 18.1 Å². The predicted molar refractivity (Wildman–Crippen MR) is 109 cm³/mol. The Bertz CT molecular complexity index is 1160. The van der Waals surface area contributed by atoms with Crippen LogP contribution in [0.1, 0.15) is 15.9 Å². The normalized spacial score (nSPS) is 10.9. The first-order valence-corrected chi connectivity index (χ1v) is 9.98. The van der Waals surface area contributed by atoms with Gasteiger partial charge in [0.05, 0.1) is 15.5 Å². The van der Waals surface area contributed by atoms with E-state index in [1.807, 2.05) is 19.1 Å². The van der Waals surface area contributed by atoms with Crippen LogP contribution in [0, 0.1) is 17.0 Å². The van der Waals surface area contributed by atoms with Crippen LogP contribution in [0.2, 0.25) is 0 Å². The molecule has 9 heteroatoms. The maximum atomic E-state index is 12.5. The lowest BCUT2D eigenvalue weighted by atomic mass is 10.1. The summed E-state index contributed by atoms with van der Waals surface area (Å²) in [6, 6.07) is 17.9. The fourth-order valence-corrected chi connectivity index (χ4v) is 3.57. The molecule has 3 aromatic rings. The van der Waals surface area contributed by atoms with E-state index in [1.54, 1.807) is 12.1 Å². The van der Waals surface area contributed by atoms with Crippen LogP contribution in [0.15, 0.2) is 77.7 Å². The van der Waals surface area contributed by atoms with Gasteiger partial charge in [-0.1, -0.05) is 23.8 Å². The minimum atomic E-state index is -3.94. The Morgan fingerprint density at radius 3 is 2.21 bits per heavy atom. The second-order valence-electron chi connectivity index (χ2n) is 6.26. The third-order valence-electron chi connectivity index (χ3n) is 4.05. The summed E-state index contributed by atoms with van der Waals surface area (Å²) in [7, 11) is -3.94. The van der Waals surface area contributed by atoms with Crippen LogP contribution in [0.4, 0.5) is 17.1 Å². The molecule has 1 amide bonds. The molecule has 0 unspecified atom stereocenters. The molecule has 3 aromatic carbocycles. The van der Waals surface area contributed by atoms with Gasteiger partial charge in [-0.3, -0.25) is 19.6 Å². The fraction of sp³-hybridized carbons (Fsp3) is 0.0500. The van der Waals surface area contributed by atoms with Crippen LogP contribution in [0.3, 0.4) is 0 Å². The van der Waals surface area contributed by atoms with Crippen molar-refractivity contribution in [1.29, 1.82) is 0 Å². The van der Waals surface area contributed by atoms with Gasteiger partial charge in [0.15, 0.2) is 0 Å². The van der Waals surface area contributed by atoms with Crippen molar-refractivity contribution in [2.45, 2.75) is 11.8 Å². The topological polar surface area (TPSA) is 118 Å². The number of nitro groups is 1. The number of hydrogen-bond acceptors (Lipinski definition) is 5. The first-order chi connectivity index (χ1) is 13.7. The van der Waals surface area contributed by atoms with Crippen LogP contribution in [-0.2, 0) is 10.0 Å². The summed E-state index contributed by atoms with van der Waals surface area (Å²) >= 11 is 0. The maximum Gasteiger partial charge on any atom is 0.271 e. The van der Waals surface area contributed by atoms with Crippen molar-refractivity contribution in [3.63, 3.8) is 0 Å². The molecule has 0 atom stereocenters. The third kappa shape index (κ3) is 4.96. The molecule has 8 nitrogen and oxygen atoms in total. The highest BCUT2D eigenvalue weighted by molar-refractivity contribution is 7.92. The average molecular weight is 411 g/mol. The fourth-order valence-electron chi connectivity index (χ4n) is 2.52. The molecule has 148 valence electrons. The molecule has 0 saturated heterocycles. The first-order valence-electron chi connectivity index (χ1n) is 8.50. The molecule has 29 heavy (non-hydrogen) atoms. The number of nitrogens with one attached hydrogen (secondary N) is 2. The minimum Gasteiger partial charge on any atom is -0.322 e. The zero-order valence-electron chi connectivity index (χ0n) is 15.3. The van der Waals surface area contributed by atoms with Crippen LogP contribution >= 0.6 is 0 Å². The van der Waals surface area contributed by atoms with E-state index in [4.69, 9.17) is 0 Å². The molecule has 3 rings (SSSR count). The molecule has 0 aliphatic rings. The van der Waals surface area contributed by atoms with Gasteiger partial charge in [0.25, 0.3) is 21.6 Å². The highest BCUT2D eigenvalue weighted by Gasteiger charge is 2.16. The summed E-state index contributed by atoms with van der Waals surface area (Å²) in [5.41, 5.74) is 1.81. The first kappa shape index (κ1) is 20.0. The second kappa shape index (κ2) is 8.11. The molecule has 0 radical (unpaired) electrons. The molecule has 0 saturated carbocycles. The SMILES string of the molecule is Cc1ccc(C(=O)Nc2ccc(S(=O)(=O)Nc3cccc([N+](=O)[O-])c3)cc2)cc1. The van der Waals surface area contributed by atoms with E-state index in [-0.39, 0.29) is 22.2 Å². The van der Waals surface area contributed by atoms with E-state index in [1.165, 1.54) is 42.5 Å². The van der Waals surface area contributed by atoms with E-state index in [9.17, 15) is 23.3 Å². The summed E-state index contributed by atoms with van der Waals surface area (Å²) in [4.78, 5) is 22.4. The van der Waals surface area contributed by atoms with Crippen LogP contribution in [-0.4, -0.2) is 19.2 Å². The number of carbonyl (C=O) groups excluding carboxylic acids is 1. The quantitative estimate of drug-likeness (QED) is 0.470. The lowest BCUT2D eigenvalue weighted by molar-refractivity contribution is -0.384. The van der Waals surface area contributed by atoms with Gasteiger partial charge in [-0.15, -0.1) is 0 Å². The summed E-state index contributed by atoms with van der Waals surface area (Å²) in [6.45, 7) is 1.92. The number of hydrogen-bond donors (Lipinski definition) is 2. The maximum absolute atomic E-state index is 12.5. The smallest absolute Gasteiger partial charge is 0.271 e. The van der Waals surface area contributed by atoms with Crippen LogP contribution in [0.5, 0.6) is 0 Å². The Balaban J connectivity index is 1.73. The van der Waals surface area contributed by atoms with Gasteiger partial charge in [-0.2, -0.15) is 0 Å². The van der Waals surface area contributed by atoms with Crippen LogP contribution in [0.25, 0.3) is 0 Å². The van der Waals surface area contributed by atoms with E-state index in [0.717, 1.165) is 11.6 Å².